The summed E-state index contributed by atoms with van der Waals surface area (Å²) < 4.78 is 19.9. The number of methoxy groups -OCH3 is 1. The molecule has 0 atom stereocenters. The van der Waals surface area contributed by atoms with Crippen molar-refractivity contribution in [1.82, 2.24) is 4.57 Å². The largest absolute Gasteiger partial charge is 0.497 e. The first kappa shape index (κ1) is 15.0. The van der Waals surface area contributed by atoms with E-state index in [1.807, 2.05) is 6.07 Å². The zero-order chi connectivity index (χ0) is 16.6. The van der Waals surface area contributed by atoms with Crippen LogP contribution in [0.2, 0.25) is 0 Å². The fourth-order valence-electron chi connectivity index (χ4n) is 2.53. The second kappa shape index (κ2) is 5.68. The number of hydrogen-bond acceptors (Lipinski definition) is 3. The first-order valence-electron chi connectivity index (χ1n) is 6.99. The van der Waals surface area contributed by atoms with Crippen molar-refractivity contribution in [2.45, 2.75) is 0 Å². The Morgan fingerprint density at radius 3 is 2.39 bits per heavy atom. The molecule has 116 valence electrons. The van der Waals surface area contributed by atoms with Gasteiger partial charge in [-0.05, 0) is 42.5 Å². The number of carbonyl (C=O) groups is 2. The van der Waals surface area contributed by atoms with E-state index in [-0.39, 0.29) is 5.56 Å². The second-order valence-corrected chi connectivity index (χ2v) is 5.20. The Labute approximate surface area is 132 Å². The molecule has 1 heterocycles. The average Bonchev–Trinajstić information content (AvgIpc) is 2.90. The van der Waals surface area contributed by atoms with Gasteiger partial charge in [-0.25, -0.2) is 4.39 Å². The summed E-state index contributed by atoms with van der Waals surface area (Å²) in [5.74, 6) is -1.15. The van der Waals surface area contributed by atoms with Crippen molar-refractivity contribution in [3.05, 3.63) is 65.6 Å². The van der Waals surface area contributed by atoms with E-state index in [9.17, 15) is 14.0 Å². The topological polar surface area (TPSA) is 48.3 Å². The fraction of sp³-hybridized carbons (Fsp3) is 0.111. The molecule has 0 saturated carbocycles. The molecule has 3 aromatic rings. The van der Waals surface area contributed by atoms with E-state index in [0.717, 1.165) is 17.6 Å². The average molecular weight is 311 g/mol. The monoisotopic (exact) mass is 311 g/mol. The Kier molecular flexibility index (Phi) is 3.70. The molecule has 0 fully saturated rings. The van der Waals surface area contributed by atoms with Crippen LogP contribution in [-0.2, 0) is 7.05 Å². The lowest BCUT2D eigenvalue weighted by molar-refractivity contribution is 0.0817. The second-order valence-electron chi connectivity index (χ2n) is 5.20. The summed E-state index contributed by atoms with van der Waals surface area (Å²) in [6.07, 6.45) is 1.62. The van der Waals surface area contributed by atoms with Gasteiger partial charge in [0, 0.05) is 29.7 Å². The fourth-order valence-corrected chi connectivity index (χ4v) is 2.53. The first-order valence-corrected chi connectivity index (χ1v) is 6.99. The Bertz CT molecular complexity index is 910. The molecule has 2 aromatic carbocycles. The number of fused-ring (bicyclic) bond motifs is 1. The van der Waals surface area contributed by atoms with E-state index in [4.69, 9.17) is 4.74 Å². The van der Waals surface area contributed by atoms with Gasteiger partial charge >= 0.3 is 0 Å². The molecular weight excluding hydrogens is 297 g/mol. The number of halogens is 1. The Morgan fingerprint density at radius 1 is 1.04 bits per heavy atom. The van der Waals surface area contributed by atoms with Crippen molar-refractivity contribution in [2.75, 3.05) is 7.11 Å². The molecular formula is C18H14FNO3. The molecule has 0 aliphatic rings. The molecule has 0 aliphatic carbocycles. The van der Waals surface area contributed by atoms with E-state index in [0.29, 0.717) is 16.7 Å². The van der Waals surface area contributed by atoms with Crippen LogP contribution in [-0.4, -0.2) is 23.2 Å². The van der Waals surface area contributed by atoms with Gasteiger partial charge in [0.1, 0.15) is 11.6 Å². The van der Waals surface area contributed by atoms with E-state index >= 15 is 0 Å². The normalized spacial score (nSPS) is 10.7. The zero-order valence-electron chi connectivity index (χ0n) is 12.7. The summed E-state index contributed by atoms with van der Waals surface area (Å²) in [6, 6.07) is 10.3. The number of carbonyl (C=O) groups excluding carboxylic acids is 2. The van der Waals surface area contributed by atoms with Crippen LogP contribution in [0.5, 0.6) is 5.75 Å². The Morgan fingerprint density at radius 2 is 1.74 bits per heavy atom. The molecule has 0 saturated heterocycles. The third kappa shape index (κ3) is 2.61. The molecule has 0 unspecified atom stereocenters. The molecule has 1 aromatic heterocycles. The maximum Gasteiger partial charge on any atom is 0.235 e. The Hall–Kier alpha value is -2.95. The highest BCUT2D eigenvalue weighted by molar-refractivity contribution is 6.50. The van der Waals surface area contributed by atoms with Crippen molar-refractivity contribution in [1.29, 1.82) is 0 Å². The molecule has 3 rings (SSSR count). The SMILES string of the molecule is COc1ccc2c(c1)c(C(=O)C(=O)c1ccc(F)cc1)cn2C. The number of ketones is 2. The molecule has 0 aliphatic heterocycles. The van der Waals surface area contributed by atoms with Crippen molar-refractivity contribution in [3.8, 4) is 5.75 Å². The number of benzene rings is 2. The van der Waals surface area contributed by atoms with Crippen LogP contribution in [0.3, 0.4) is 0 Å². The minimum atomic E-state index is -0.666. The lowest BCUT2D eigenvalue weighted by Gasteiger charge is -2.02. The van der Waals surface area contributed by atoms with Gasteiger partial charge in [0.2, 0.25) is 11.6 Å². The number of Topliss-reactive ketones (excluding diaryl/α,β-unsaturated/α-hetero) is 2. The summed E-state index contributed by atoms with van der Waals surface area (Å²) in [6.45, 7) is 0. The quantitative estimate of drug-likeness (QED) is 0.548. The lowest BCUT2D eigenvalue weighted by atomic mass is 10.0. The predicted octanol–water partition coefficient (Wildman–Crippen LogP) is 3.39. The molecule has 0 amide bonds. The van der Waals surface area contributed by atoms with Gasteiger partial charge in [0.15, 0.2) is 0 Å². The number of ether oxygens (including phenoxy) is 1. The number of aromatic nitrogens is 1. The molecule has 0 radical (unpaired) electrons. The first-order chi connectivity index (χ1) is 11.0. The van der Waals surface area contributed by atoms with Gasteiger partial charge < -0.3 is 9.30 Å². The molecule has 0 bridgehead atoms. The van der Waals surface area contributed by atoms with Crippen LogP contribution in [0.1, 0.15) is 20.7 Å². The summed E-state index contributed by atoms with van der Waals surface area (Å²) in [5, 5.41) is 0.646. The standard InChI is InChI=1S/C18H14FNO3/c1-20-10-15(14-9-13(23-2)7-8-16(14)20)18(22)17(21)11-3-5-12(19)6-4-11/h3-10H,1-2H3. The molecule has 5 heteroatoms. The minimum Gasteiger partial charge on any atom is -0.497 e. The third-order valence-electron chi connectivity index (χ3n) is 3.75. The van der Waals surface area contributed by atoms with E-state index in [1.165, 1.54) is 19.2 Å². The zero-order valence-corrected chi connectivity index (χ0v) is 12.7. The van der Waals surface area contributed by atoms with E-state index < -0.39 is 17.4 Å². The van der Waals surface area contributed by atoms with Gasteiger partial charge in [-0.15, -0.1) is 0 Å². The molecule has 4 nitrogen and oxygen atoms in total. The summed E-state index contributed by atoms with van der Waals surface area (Å²) in [4.78, 5) is 24.9. The van der Waals surface area contributed by atoms with Crippen LogP contribution in [0.25, 0.3) is 10.9 Å². The minimum absolute atomic E-state index is 0.163. The predicted molar refractivity (Wildman–Crippen MR) is 84.5 cm³/mol. The highest BCUT2D eigenvalue weighted by Gasteiger charge is 2.22. The van der Waals surface area contributed by atoms with Crippen molar-refractivity contribution in [3.63, 3.8) is 0 Å². The van der Waals surface area contributed by atoms with Crippen LogP contribution in [0.4, 0.5) is 4.39 Å². The van der Waals surface area contributed by atoms with Gasteiger partial charge in [-0.1, -0.05) is 0 Å². The summed E-state index contributed by atoms with van der Waals surface area (Å²) in [7, 11) is 3.34. The molecule has 0 N–H and O–H groups in total. The number of nitrogens with zero attached hydrogens (tertiary/aromatic N) is 1. The van der Waals surface area contributed by atoms with Crippen LogP contribution in [0.15, 0.2) is 48.7 Å². The lowest BCUT2D eigenvalue weighted by Crippen LogP contribution is -2.14. The van der Waals surface area contributed by atoms with Crippen molar-refractivity contribution in [2.24, 2.45) is 7.05 Å². The summed E-state index contributed by atoms with van der Waals surface area (Å²) >= 11 is 0. The van der Waals surface area contributed by atoms with E-state index in [2.05, 4.69) is 0 Å². The maximum atomic E-state index is 13.0. The Balaban J connectivity index is 2.06. The molecule has 0 spiro atoms. The van der Waals surface area contributed by atoms with E-state index in [1.54, 1.807) is 29.9 Å². The van der Waals surface area contributed by atoms with Gasteiger partial charge in [-0.3, -0.25) is 9.59 Å². The highest BCUT2D eigenvalue weighted by atomic mass is 19.1. The van der Waals surface area contributed by atoms with Crippen LogP contribution >= 0.6 is 0 Å². The van der Waals surface area contributed by atoms with Gasteiger partial charge in [-0.2, -0.15) is 0 Å². The maximum absolute atomic E-state index is 13.0. The van der Waals surface area contributed by atoms with Crippen LogP contribution < -0.4 is 4.74 Å². The number of aryl methyl sites for hydroxylation is 1. The van der Waals surface area contributed by atoms with Crippen molar-refractivity contribution >= 4 is 22.5 Å². The number of rotatable bonds is 4. The smallest absolute Gasteiger partial charge is 0.235 e. The highest BCUT2D eigenvalue weighted by Crippen LogP contribution is 2.26. The molecule has 23 heavy (non-hydrogen) atoms. The third-order valence-corrected chi connectivity index (χ3v) is 3.75. The van der Waals surface area contributed by atoms with Gasteiger partial charge in [0.05, 0.1) is 12.7 Å². The number of hydrogen-bond donors (Lipinski definition) is 0. The van der Waals surface area contributed by atoms with Crippen molar-refractivity contribution < 1.29 is 18.7 Å². The van der Waals surface area contributed by atoms with Crippen LogP contribution in [0, 0.1) is 5.82 Å². The van der Waals surface area contributed by atoms with Gasteiger partial charge in [0.25, 0.3) is 0 Å². The summed E-state index contributed by atoms with van der Waals surface area (Å²) in [5.41, 5.74) is 1.29.